The zero-order valence-corrected chi connectivity index (χ0v) is 11.9. The van der Waals surface area contributed by atoms with E-state index in [-0.39, 0.29) is 0 Å². The van der Waals surface area contributed by atoms with Gasteiger partial charge in [0, 0.05) is 35.8 Å². The van der Waals surface area contributed by atoms with Crippen molar-refractivity contribution >= 4 is 5.82 Å². The molecule has 20 heavy (non-hydrogen) atoms. The van der Waals surface area contributed by atoms with Crippen LogP contribution in [-0.4, -0.2) is 21.5 Å². The van der Waals surface area contributed by atoms with Crippen LogP contribution in [0.15, 0.2) is 24.5 Å². The van der Waals surface area contributed by atoms with Crippen molar-refractivity contribution < 1.29 is 0 Å². The lowest BCUT2D eigenvalue weighted by atomic mass is 9.96. The van der Waals surface area contributed by atoms with Gasteiger partial charge in [-0.15, -0.1) is 0 Å². The van der Waals surface area contributed by atoms with Crippen LogP contribution in [0.4, 0.5) is 5.82 Å². The third-order valence-electron chi connectivity index (χ3n) is 3.66. The molecule has 3 rings (SSSR count). The van der Waals surface area contributed by atoms with Crippen molar-refractivity contribution in [2.24, 2.45) is 0 Å². The molecule has 0 saturated carbocycles. The molecule has 2 aromatic heterocycles. The van der Waals surface area contributed by atoms with Gasteiger partial charge in [0.25, 0.3) is 0 Å². The van der Waals surface area contributed by atoms with Crippen LogP contribution in [0.25, 0.3) is 11.4 Å². The van der Waals surface area contributed by atoms with Crippen LogP contribution in [-0.2, 0) is 12.8 Å². The SMILES string of the molecule is CCCNc1nc(-c2ccncc2)nc2c1CCCC2. The highest BCUT2D eigenvalue weighted by Crippen LogP contribution is 2.28. The maximum absolute atomic E-state index is 4.77. The molecule has 0 radical (unpaired) electrons. The van der Waals surface area contributed by atoms with Gasteiger partial charge in [-0.1, -0.05) is 6.92 Å². The number of aryl methyl sites for hydroxylation is 1. The molecule has 0 amide bonds. The highest BCUT2D eigenvalue weighted by atomic mass is 15.0. The molecule has 4 heteroatoms. The van der Waals surface area contributed by atoms with E-state index in [1.165, 1.54) is 24.1 Å². The number of fused-ring (bicyclic) bond motifs is 1. The smallest absolute Gasteiger partial charge is 0.161 e. The Morgan fingerprint density at radius 2 is 1.90 bits per heavy atom. The molecule has 0 aliphatic heterocycles. The summed E-state index contributed by atoms with van der Waals surface area (Å²) in [6, 6.07) is 3.93. The van der Waals surface area contributed by atoms with E-state index in [4.69, 9.17) is 9.97 Å². The number of hydrogen-bond acceptors (Lipinski definition) is 4. The van der Waals surface area contributed by atoms with Crippen molar-refractivity contribution in [1.29, 1.82) is 0 Å². The lowest BCUT2D eigenvalue weighted by molar-refractivity contribution is 0.664. The molecule has 1 aliphatic rings. The first-order valence-corrected chi connectivity index (χ1v) is 7.42. The van der Waals surface area contributed by atoms with Crippen molar-refractivity contribution in [2.45, 2.75) is 39.0 Å². The molecule has 0 bridgehead atoms. The summed E-state index contributed by atoms with van der Waals surface area (Å²) >= 11 is 0. The van der Waals surface area contributed by atoms with Gasteiger partial charge in [-0.25, -0.2) is 9.97 Å². The maximum Gasteiger partial charge on any atom is 0.161 e. The largest absolute Gasteiger partial charge is 0.370 e. The summed E-state index contributed by atoms with van der Waals surface area (Å²) in [5.74, 6) is 1.84. The van der Waals surface area contributed by atoms with Crippen LogP contribution in [0.1, 0.15) is 37.4 Å². The highest BCUT2D eigenvalue weighted by Gasteiger charge is 2.18. The first-order valence-electron chi connectivity index (χ1n) is 7.42. The minimum Gasteiger partial charge on any atom is -0.370 e. The number of nitrogens with one attached hydrogen (secondary N) is 1. The van der Waals surface area contributed by atoms with Crippen molar-refractivity contribution in [3.8, 4) is 11.4 Å². The van der Waals surface area contributed by atoms with Crippen molar-refractivity contribution in [2.75, 3.05) is 11.9 Å². The van der Waals surface area contributed by atoms with E-state index in [9.17, 15) is 0 Å². The Hall–Kier alpha value is -1.97. The first-order chi connectivity index (χ1) is 9.88. The first kappa shape index (κ1) is 13.0. The summed E-state index contributed by atoms with van der Waals surface area (Å²) < 4.78 is 0. The van der Waals surface area contributed by atoms with E-state index < -0.39 is 0 Å². The van der Waals surface area contributed by atoms with Crippen LogP contribution in [0.3, 0.4) is 0 Å². The fourth-order valence-corrected chi connectivity index (χ4v) is 2.61. The minimum atomic E-state index is 0.812. The summed E-state index contributed by atoms with van der Waals surface area (Å²) in [6.45, 7) is 3.13. The number of pyridine rings is 1. The zero-order chi connectivity index (χ0) is 13.8. The summed E-state index contributed by atoms with van der Waals surface area (Å²) in [6.07, 6.45) is 9.31. The van der Waals surface area contributed by atoms with Crippen molar-refractivity contribution in [3.05, 3.63) is 35.8 Å². The summed E-state index contributed by atoms with van der Waals surface area (Å²) in [5, 5.41) is 3.47. The molecule has 2 aromatic rings. The van der Waals surface area contributed by atoms with E-state index in [2.05, 4.69) is 17.2 Å². The Bertz CT molecular complexity index is 581. The summed E-state index contributed by atoms with van der Waals surface area (Å²) in [4.78, 5) is 13.6. The molecule has 0 atom stereocenters. The average molecular weight is 268 g/mol. The molecule has 104 valence electrons. The maximum atomic E-state index is 4.77. The van der Waals surface area contributed by atoms with Crippen LogP contribution < -0.4 is 5.32 Å². The molecule has 2 heterocycles. The fourth-order valence-electron chi connectivity index (χ4n) is 2.61. The number of hydrogen-bond donors (Lipinski definition) is 1. The molecule has 0 unspecified atom stereocenters. The summed E-state index contributed by atoms with van der Waals surface area (Å²) in [7, 11) is 0. The summed E-state index contributed by atoms with van der Waals surface area (Å²) in [5.41, 5.74) is 3.58. The highest BCUT2D eigenvalue weighted by molar-refractivity contribution is 5.59. The molecular formula is C16H20N4. The molecule has 0 spiro atoms. The number of anilines is 1. The van der Waals surface area contributed by atoms with E-state index in [0.29, 0.717) is 0 Å². The minimum absolute atomic E-state index is 0.812. The third-order valence-corrected chi connectivity index (χ3v) is 3.66. The molecule has 1 N–H and O–H groups in total. The molecule has 0 fully saturated rings. The van der Waals surface area contributed by atoms with Gasteiger partial charge in [0.2, 0.25) is 0 Å². The molecule has 0 aromatic carbocycles. The number of aromatic nitrogens is 3. The van der Waals surface area contributed by atoms with Gasteiger partial charge in [0.15, 0.2) is 5.82 Å². The fraction of sp³-hybridized carbons (Fsp3) is 0.438. The van der Waals surface area contributed by atoms with Gasteiger partial charge >= 0.3 is 0 Å². The quantitative estimate of drug-likeness (QED) is 0.925. The second-order valence-electron chi connectivity index (χ2n) is 5.19. The van der Waals surface area contributed by atoms with Crippen molar-refractivity contribution in [3.63, 3.8) is 0 Å². The van der Waals surface area contributed by atoms with E-state index in [1.54, 1.807) is 12.4 Å². The van der Waals surface area contributed by atoms with Gasteiger partial charge in [-0.05, 0) is 44.2 Å². The van der Waals surface area contributed by atoms with E-state index >= 15 is 0 Å². The van der Waals surface area contributed by atoms with Gasteiger partial charge in [0.1, 0.15) is 5.82 Å². The Kier molecular flexibility index (Phi) is 3.90. The zero-order valence-electron chi connectivity index (χ0n) is 11.9. The number of nitrogens with zero attached hydrogens (tertiary/aromatic N) is 3. The van der Waals surface area contributed by atoms with E-state index in [1.807, 2.05) is 12.1 Å². The predicted octanol–water partition coefficient (Wildman–Crippen LogP) is 3.24. The Labute approximate surface area is 119 Å². The van der Waals surface area contributed by atoms with Gasteiger partial charge in [-0.3, -0.25) is 4.98 Å². The second kappa shape index (κ2) is 5.99. The average Bonchev–Trinajstić information content (AvgIpc) is 2.53. The Morgan fingerprint density at radius 1 is 1.10 bits per heavy atom. The lowest BCUT2D eigenvalue weighted by Gasteiger charge is -2.19. The van der Waals surface area contributed by atoms with Gasteiger partial charge in [0.05, 0.1) is 0 Å². The Balaban J connectivity index is 2.03. The topological polar surface area (TPSA) is 50.7 Å². The standard InChI is InChI=1S/C16H20N4/c1-2-9-18-16-13-5-3-4-6-14(13)19-15(20-16)12-7-10-17-11-8-12/h7-8,10-11H,2-6,9H2,1H3,(H,18,19,20). The molecule has 4 nitrogen and oxygen atoms in total. The monoisotopic (exact) mass is 268 g/mol. The van der Waals surface area contributed by atoms with Crippen LogP contribution in [0.2, 0.25) is 0 Å². The normalized spacial score (nSPS) is 13.8. The van der Waals surface area contributed by atoms with Gasteiger partial charge < -0.3 is 5.32 Å². The lowest BCUT2D eigenvalue weighted by Crippen LogP contribution is -2.14. The van der Waals surface area contributed by atoms with Crippen molar-refractivity contribution in [1.82, 2.24) is 15.0 Å². The predicted molar refractivity (Wildman–Crippen MR) is 80.7 cm³/mol. The molecule has 1 aliphatic carbocycles. The Morgan fingerprint density at radius 3 is 2.70 bits per heavy atom. The molecular weight excluding hydrogens is 248 g/mol. The van der Waals surface area contributed by atoms with E-state index in [0.717, 1.165) is 43.0 Å². The number of rotatable bonds is 4. The molecule has 0 saturated heterocycles. The van der Waals surface area contributed by atoms with Crippen LogP contribution in [0, 0.1) is 0 Å². The van der Waals surface area contributed by atoms with Crippen LogP contribution >= 0.6 is 0 Å². The van der Waals surface area contributed by atoms with Gasteiger partial charge in [-0.2, -0.15) is 0 Å². The van der Waals surface area contributed by atoms with Crippen LogP contribution in [0.5, 0.6) is 0 Å². The second-order valence-corrected chi connectivity index (χ2v) is 5.19. The third kappa shape index (κ3) is 2.64.